The van der Waals surface area contributed by atoms with Crippen molar-refractivity contribution >= 4 is 32.8 Å². The van der Waals surface area contributed by atoms with Crippen molar-refractivity contribution in [2.45, 2.75) is 0 Å². The first-order valence-corrected chi connectivity index (χ1v) is 13.5. The van der Waals surface area contributed by atoms with Crippen molar-refractivity contribution < 1.29 is 4.42 Å². The van der Waals surface area contributed by atoms with Gasteiger partial charge in [-0.25, -0.2) is 19.9 Å². The summed E-state index contributed by atoms with van der Waals surface area (Å²) < 4.78 is 6.53. The third-order valence-electron chi connectivity index (χ3n) is 7.34. The molecule has 3 aromatic heterocycles. The number of benzene rings is 5. The second-order valence-corrected chi connectivity index (χ2v) is 9.89. The molecule has 0 aliphatic rings. The SMILES string of the molecule is c1ccc(-c2nc(-c3ccccc3)nc(-c3cccc4oc5c(-c6ccc7ccccc7n6)cccc5c34)n2)cc1. The summed E-state index contributed by atoms with van der Waals surface area (Å²) in [7, 11) is 0. The Kier molecular flexibility index (Phi) is 5.38. The maximum Gasteiger partial charge on any atom is 0.164 e. The molecule has 0 N–H and O–H groups in total. The molecule has 0 aliphatic carbocycles. The van der Waals surface area contributed by atoms with E-state index in [0.717, 1.165) is 60.8 Å². The van der Waals surface area contributed by atoms with E-state index in [4.69, 9.17) is 24.4 Å². The Balaban J connectivity index is 1.36. The maximum atomic E-state index is 6.53. The summed E-state index contributed by atoms with van der Waals surface area (Å²) in [5, 5.41) is 3.06. The molecule has 41 heavy (non-hydrogen) atoms. The molecule has 0 saturated carbocycles. The van der Waals surface area contributed by atoms with Gasteiger partial charge in [-0.1, -0.05) is 109 Å². The topological polar surface area (TPSA) is 64.7 Å². The van der Waals surface area contributed by atoms with E-state index in [9.17, 15) is 0 Å². The lowest BCUT2D eigenvalue weighted by Crippen LogP contribution is -2.00. The summed E-state index contributed by atoms with van der Waals surface area (Å²) in [6, 6.07) is 44.6. The maximum absolute atomic E-state index is 6.53. The fourth-order valence-corrected chi connectivity index (χ4v) is 5.38. The van der Waals surface area contributed by atoms with Gasteiger partial charge in [-0.15, -0.1) is 0 Å². The van der Waals surface area contributed by atoms with Gasteiger partial charge in [-0.05, 0) is 24.3 Å². The van der Waals surface area contributed by atoms with Gasteiger partial charge >= 0.3 is 0 Å². The molecule has 5 nitrogen and oxygen atoms in total. The molecule has 0 aliphatic heterocycles. The highest BCUT2D eigenvalue weighted by Crippen LogP contribution is 2.40. The van der Waals surface area contributed by atoms with E-state index >= 15 is 0 Å². The monoisotopic (exact) mass is 526 g/mol. The Bertz CT molecular complexity index is 2150. The van der Waals surface area contributed by atoms with Crippen LogP contribution in [0.2, 0.25) is 0 Å². The van der Waals surface area contributed by atoms with Gasteiger partial charge in [0.05, 0.1) is 11.2 Å². The van der Waals surface area contributed by atoms with Crippen LogP contribution in [0, 0.1) is 0 Å². The van der Waals surface area contributed by atoms with Gasteiger partial charge in [0.25, 0.3) is 0 Å². The van der Waals surface area contributed by atoms with E-state index in [2.05, 4.69) is 42.5 Å². The average Bonchev–Trinajstić information content (AvgIpc) is 3.44. The summed E-state index contributed by atoms with van der Waals surface area (Å²) in [5.74, 6) is 1.85. The number of pyridine rings is 1. The molecule has 0 saturated heterocycles. The smallest absolute Gasteiger partial charge is 0.164 e. The molecule has 0 spiro atoms. The quantitative estimate of drug-likeness (QED) is 0.229. The molecule has 0 radical (unpaired) electrons. The zero-order chi connectivity index (χ0) is 27.2. The van der Waals surface area contributed by atoms with Crippen LogP contribution in [-0.2, 0) is 0 Å². The van der Waals surface area contributed by atoms with Crippen molar-refractivity contribution in [3.8, 4) is 45.4 Å². The van der Waals surface area contributed by atoms with Gasteiger partial charge < -0.3 is 4.42 Å². The number of hydrogen-bond acceptors (Lipinski definition) is 5. The number of para-hydroxylation sites is 2. The largest absolute Gasteiger partial charge is 0.455 e. The second kappa shape index (κ2) is 9.50. The van der Waals surface area contributed by atoms with Crippen LogP contribution in [-0.4, -0.2) is 19.9 Å². The summed E-state index contributed by atoms with van der Waals surface area (Å²) in [6.45, 7) is 0. The highest BCUT2D eigenvalue weighted by molar-refractivity contribution is 6.14. The third kappa shape index (κ3) is 4.03. The van der Waals surface area contributed by atoms with Crippen LogP contribution < -0.4 is 0 Å². The molecule has 0 unspecified atom stereocenters. The Morgan fingerprint density at radius 1 is 0.439 bits per heavy atom. The van der Waals surface area contributed by atoms with Crippen molar-refractivity contribution in [3.63, 3.8) is 0 Å². The number of furan rings is 1. The van der Waals surface area contributed by atoms with Gasteiger partial charge in [0.2, 0.25) is 0 Å². The molecule has 8 rings (SSSR count). The van der Waals surface area contributed by atoms with Gasteiger partial charge in [0.1, 0.15) is 11.2 Å². The minimum atomic E-state index is 0.597. The molecule has 3 heterocycles. The fourth-order valence-electron chi connectivity index (χ4n) is 5.38. The van der Waals surface area contributed by atoms with Crippen molar-refractivity contribution in [2.75, 3.05) is 0 Å². The Morgan fingerprint density at radius 2 is 1.07 bits per heavy atom. The molecule has 0 amide bonds. The molecule has 5 aromatic carbocycles. The zero-order valence-corrected chi connectivity index (χ0v) is 21.9. The normalized spacial score (nSPS) is 11.4. The fraction of sp³-hybridized carbons (Fsp3) is 0. The molecular weight excluding hydrogens is 504 g/mol. The molecule has 0 bridgehead atoms. The Labute approximate surface area is 235 Å². The summed E-state index contributed by atoms with van der Waals surface area (Å²) in [6.07, 6.45) is 0. The van der Waals surface area contributed by atoms with E-state index in [1.165, 1.54) is 0 Å². The number of hydrogen-bond donors (Lipinski definition) is 0. The van der Waals surface area contributed by atoms with E-state index in [1.807, 2.05) is 91.0 Å². The van der Waals surface area contributed by atoms with Crippen LogP contribution in [0.4, 0.5) is 0 Å². The second-order valence-electron chi connectivity index (χ2n) is 9.89. The molecule has 192 valence electrons. The standard InChI is InChI=1S/C36H22N4O/c1-3-12-24(13-4-1)34-38-35(25-14-5-2-6-15-25)40-36(39-34)28-18-10-20-31-32(28)27-17-9-16-26(33(27)41-31)30-22-21-23-11-7-8-19-29(23)37-30/h1-22H. The highest BCUT2D eigenvalue weighted by atomic mass is 16.3. The average molecular weight is 527 g/mol. The summed E-state index contributed by atoms with van der Waals surface area (Å²) in [4.78, 5) is 19.7. The van der Waals surface area contributed by atoms with Gasteiger partial charge in [-0.3, -0.25) is 0 Å². The summed E-state index contributed by atoms with van der Waals surface area (Å²) in [5.41, 5.74) is 7.08. The first kappa shape index (κ1) is 23.2. The Hall–Kier alpha value is -5.68. The first-order valence-electron chi connectivity index (χ1n) is 13.5. The number of nitrogens with zero attached hydrogens (tertiary/aromatic N) is 4. The lowest BCUT2D eigenvalue weighted by Gasteiger charge is -2.09. The van der Waals surface area contributed by atoms with Crippen LogP contribution in [0.5, 0.6) is 0 Å². The number of fused-ring (bicyclic) bond motifs is 4. The van der Waals surface area contributed by atoms with Crippen LogP contribution in [0.1, 0.15) is 0 Å². The van der Waals surface area contributed by atoms with Crippen LogP contribution in [0.15, 0.2) is 138 Å². The van der Waals surface area contributed by atoms with Crippen molar-refractivity contribution in [3.05, 3.63) is 133 Å². The highest BCUT2D eigenvalue weighted by Gasteiger charge is 2.19. The van der Waals surface area contributed by atoms with E-state index in [-0.39, 0.29) is 0 Å². The van der Waals surface area contributed by atoms with Gasteiger partial charge in [-0.2, -0.15) is 0 Å². The van der Waals surface area contributed by atoms with E-state index in [1.54, 1.807) is 0 Å². The molecule has 5 heteroatoms. The third-order valence-corrected chi connectivity index (χ3v) is 7.34. The number of rotatable bonds is 4. The van der Waals surface area contributed by atoms with Crippen LogP contribution in [0.25, 0.3) is 78.3 Å². The molecule has 8 aromatic rings. The van der Waals surface area contributed by atoms with Crippen molar-refractivity contribution in [2.24, 2.45) is 0 Å². The summed E-state index contributed by atoms with van der Waals surface area (Å²) >= 11 is 0. The number of aromatic nitrogens is 4. The van der Waals surface area contributed by atoms with Crippen molar-refractivity contribution in [1.29, 1.82) is 0 Å². The van der Waals surface area contributed by atoms with Gasteiger partial charge in [0, 0.05) is 38.4 Å². The predicted molar refractivity (Wildman–Crippen MR) is 164 cm³/mol. The molecule has 0 atom stereocenters. The predicted octanol–water partition coefficient (Wildman–Crippen LogP) is 8.99. The first-order chi connectivity index (χ1) is 20.3. The Morgan fingerprint density at radius 3 is 1.83 bits per heavy atom. The van der Waals surface area contributed by atoms with E-state index < -0.39 is 0 Å². The van der Waals surface area contributed by atoms with Crippen molar-refractivity contribution in [1.82, 2.24) is 19.9 Å². The zero-order valence-electron chi connectivity index (χ0n) is 21.9. The minimum Gasteiger partial charge on any atom is -0.455 e. The molecular formula is C36H22N4O. The lowest BCUT2D eigenvalue weighted by molar-refractivity contribution is 0.670. The van der Waals surface area contributed by atoms with E-state index in [0.29, 0.717) is 17.5 Å². The van der Waals surface area contributed by atoms with Gasteiger partial charge in [0.15, 0.2) is 17.5 Å². The van der Waals surface area contributed by atoms with Crippen LogP contribution in [0.3, 0.4) is 0 Å². The molecule has 0 fully saturated rings. The lowest BCUT2D eigenvalue weighted by atomic mass is 10.0. The van der Waals surface area contributed by atoms with Crippen LogP contribution >= 0.6 is 0 Å². The minimum absolute atomic E-state index is 0.597.